The number of aryl methyl sites for hydroxylation is 1. The quantitative estimate of drug-likeness (QED) is 0.641. The molecule has 0 aliphatic carbocycles. The maximum Gasteiger partial charge on any atom is 0.291 e. The van der Waals surface area contributed by atoms with Gasteiger partial charge in [0, 0.05) is 17.8 Å². The number of anilines is 1. The molecule has 0 saturated carbocycles. The van der Waals surface area contributed by atoms with Crippen LogP contribution >= 0.6 is 0 Å². The lowest BCUT2D eigenvalue weighted by Crippen LogP contribution is -2.34. The van der Waals surface area contributed by atoms with Crippen LogP contribution < -0.4 is 10.6 Å². The third-order valence-corrected chi connectivity index (χ3v) is 4.69. The molecule has 0 radical (unpaired) electrons. The van der Waals surface area contributed by atoms with E-state index < -0.39 is 0 Å². The number of benzene rings is 2. The van der Waals surface area contributed by atoms with Crippen LogP contribution in [-0.4, -0.2) is 37.4 Å². The number of hydrogen-bond acceptors (Lipinski definition) is 4. The topological polar surface area (TPSA) is 74.6 Å². The number of rotatable bonds is 7. The van der Waals surface area contributed by atoms with Crippen molar-refractivity contribution in [3.05, 3.63) is 89.4 Å². The Kier molecular flexibility index (Phi) is 6.46. The van der Waals surface area contributed by atoms with Crippen LogP contribution in [0.2, 0.25) is 0 Å². The lowest BCUT2D eigenvalue weighted by Gasteiger charge is -2.25. The Labute approximate surface area is 170 Å². The lowest BCUT2D eigenvalue weighted by molar-refractivity contribution is 0.0941. The van der Waals surface area contributed by atoms with Gasteiger partial charge in [-0.1, -0.05) is 29.8 Å². The first-order valence-corrected chi connectivity index (χ1v) is 9.40. The molecule has 0 aliphatic heterocycles. The summed E-state index contributed by atoms with van der Waals surface area (Å²) in [6.07, 6.45) is 1.44. The second kappa shape index (κ2) is 9.21. The van der Waals surface area contributed by atoms with Crippen molar-refractivity contribution in [1.29, 1.82) is 0 Å². The highest BCUT2D eigenvalue weighted by Crippen LogP contribution is 2.18. The van der Waals surface area contributed by atoms with Crippen molar-refractivity contribution in [2.24, 2.45) is 0 Å². The zero-order valence-corrected chi connectivity index (χ0v) is 16.8. The Morgan fingerprint density at radius 1 is 0.966 bits per heavy atom. The van der Waals surface area contributed by atoms with E-state index in [9.17, 15) is 9.59 Å². The monoisotopic (exact) mass is 391 g/mol. The van der Waals surface area contributed by atoms with Crippen LogP contribution in [0, 0.1) is 6.92 Å². The van der Waals surface area contributed by atoms with Gasteiger partial charge in [-0.05, 0) is 63.0 Å². The molecule has 0 saturated heterocycles. The predicted octanol–water partition coefficient (Wildman–Crippen LogP) is 3.87. The molecule has 0 bridgehead atoms. The number of hydrogen-bond donors (Lipinski definition) is 2. The van der Waals surface area contributed by atoms with Gasteiger partial charge >= 0.3 is 0 Å². The number of nitrogens with zero attached hydrogens (tertiary/aromatic N) is 1. The smallest absolute Gasteiger partial charge is 0.291 e. The maximum absolute atomic E-state index is 12.5. The predicted molar refractivity (Wildman–Crippen MR) is 113 cm³/mol. The highest BCUT2D eigenvalue weighted by atomic mass is 16.3. The lowest BCUT2D eigenvalue weighted by atomic mass is 10.0. The fourth-order valence-corrected chi connectivity index (χ4v) is 2.98. The Bertz CT molecular complexity index is 946. The number of furan rings is 1. The number of amides is 2. The van der Waals surface area contributed by atoms with E-state index in [-0.39, 0.29) is 23.6 Å². The maximum atomic E-state index is 12.5. The van der Waals surface area contributed by atoms with Crippen LogP contribution in [0.1, 0.15) is 38.1 Å². The standard InChI is InChI=1S/C23H25N3O3/c1-16-6-8-17(9-7-16)20(26(2)3)15-24-22(27)18-10-12-19(13-11-18)25-23(28)21-5-4-14-29-21/h4-14,20H,15H2,1-3H3,(H,24,27)(H,25,28). The fourth-order valence-electron chi connectivity index (χ4n) is 2.98. The molecular formula is C23H25N3O3. The molecular weight excluding hydrogens is 366 g/mol. The molecule has 1 unspecified atom stereocenters. The van der Waals surface area contributed by atoms with Gasteiger partial charge in [0.1, 0.15) is 0 Å². The van der Waals surface area contributed by atoms with Crippen molar-refractivity contribution >= 4 is 17.5 Å². The molecule has 2 N–H and O–H groups in total. The van der Waals surface area contributed by atoms with Crippen molar-refractivity contribution in [1.82, 2.24) is 10.2 Å². The average Bonchev–Trinajstić information content (AvgIpc) is 3.25. The molecule has 1 aromatic heterocycles. The molecule has 0 spiro atoms. The second-order valence-electron chi connectivity index (χ2n) is 7.11. The summed E-state index contributed by atoms with van der Waals surface area (Å²) in [5, 5.41) is 5.72. The Morgan fingerprint density at radius 3 is 2.24 bits per heavy atom. The van der Waals surface area contributed by atoms with E-state index in [0.29, 0.717) is 17.8 Å². The molecule has 0 fully saturated rings. The largest absolute Gasteiger partial charge is 0.459 e. The van der Waals surface area contributed by atoms with Crippen molar-refractivity contribution in [3.8, 4) is 0 Å². The van der Waals surface area contributed by atoms with Gasteiger partial charge in [-0.15, -0.1) is 0 Å². The highest BCUT2D eigenvalue weighted by molar-refractivity contribution is 6.02. The normalized spacial score (nSPS) is 11.9. The Morgan fingerprint density at radius 2 is 1.66 bits per heavy atom. The van der Waals surface area contributed by atoms with E-state index in [0.717, 1.165) is 5.56 Å². The van der Waals surface area contributed by atoms with Crippen molar-refractivity contribution in [3.63, 3.8) is 0 Å². The van der Waals surface area contributed by atoms with Crippen LogP contribution in [0.5, 0.6) is 0 Å². The highest BCUT2D eigenvalue weighted by Gasteiger charge is 2.16. The summed E-state index contributed by atoms with van der Waals surface area (Å²) in [6.45, 7) is 2.54. The van der Waals surface area contributed by atoms with Crippen LogP contribution in [0.4, 0.5) is 5.69 Å². The SMILES string of the molecule is Cc1ccc(C(CNC(=O)c2ccc(NC(=O)c3ccco3)cc2)N(C)C)cc1. The van der Waals surface area contributed by atoms with Gasteiger partial charge in [0.05, 0.1) is 12.3 Å². The van der Waals surface area contributed by atoms with Gasteiger partial charge in [-0.2, -0.15) is 0 Å². The first-order valence-electron chi connectivity index (χ1n) is 9.40. The summed E-state index contributed by atoms with van der Waals surface area (Å²) in [5.74, 6) is -0.260. The third kappa shape index (κ3) is 5.33. The molecule has 3 rings (SSSR count). The van der Waals surface area contributed by atoms with Gasteiger partial charge in [-0.25, -0.2) is 0 Å². The van der Waals surface area contributed by atoms with E-state index in [4.69, 9.17) is 4.42 Å². The Hall–Kier alpha value is -3.38. The summed E-state index contributed by atoms with van der Waals surface area (Å²) < 4.78 is 5.07. The molecule has 3 aromatic rings. The van der Waals surface area contributed by atoms with Crippen LogP contribution in [0.25, 0.3) is 0 Å². The molecule has 29 heavy (non-hydrogen) atoms. The van der Waals surface area contributed by atoms with Gasteiger partial charge in [0.15, 0.2) is 5.76 Å². The van der Waals surface area contributed by atoms with Crippen LogP contribution in [-0.2, 0) is 0 Å². The fraction of sp³-hybridized carbons (Fsp3) is 0.217. The molecule has 0 aliphatic rings. The number of carbonyl (C=O) groups excluding carboxylic acids is 2. The van der Waals surface area contributed by atoms with Crippen molar-refractivity contribution < 1.29 is 14.0 Å². The summed E-state index contributed by atoms with van der Waals surface area (Å²) in [6, 6.07) is 18.4. The minimum Gasteiger partial charge on any atom is -0.459 e. The number of likely N-dealkylation sites (N-methyl/N-ethyl adjacent to an activating group) is 1. The molecule has 1 atom stereocenters. The molecule has 2 amide bonds. The summed E-state index contributed by atoms with van der Waals surface area (Å²) in [5.41, 5.74) is 3.47. The molecule has 6 heteroatoms. The zero-order chi connectivity index (χ0) is 20.8. The first kappa shape index (κ1) is 20.4. The summed E-state index contributed by atoms with van der Waals surface area (Å²) >= 11 is 0. The molecule has 6 nitrogen and oxygen atoms in total. The summed E-state index contributed by atoms with van der Waals surface area (Å²) in [7, 11) is 3.99. The molecule has 1 heterocycles. The average molecular weight is 391 g/mol. The minimum atomic E-state index is -0.334. The van der Waals surface area contributed by atoms with Crippen LogP contribution in [0.15, 0.2) is 71.3 Å². The van der Waals surface area contributed by atoms with Crippen molar-refractivity contribution in [2.45, 2.75) is 13.0 Å². The van der Waals surface area contributed by atoms with E-state index >= 15 is 0 Å². The molecule has 150 valence electrons. The van der Waals surface area contributed by atoms with Gasteiger partial charge < -0.3 is 20.0 Å². The van der Waals surface area contributed by atoms with E-state index in [1.165, 1.54) is 11.8 Å². The van der Waals surface area contributed by atoms with Crippen LogP contribution in [0.3, 0.4) is 0 Å². The zero-order valence-electron chi connectivity index (χ0n) is 16.8. The minimum absolute atomic E-state index is 0.0754. The number of nitrogens with one attached hydrogen (secondary N) is 2. The summed E-state index contributed by atoms with van der Waals surface area (Å²) in [4.78, 5) is 26.6. The number of carbonyl (C=O) groups is 2. The van der Waals surface area contributed by atoms with Gasteiger partial charge in [0.25, 0.3) is 11.8 Å². The van der Waals surface area contributed by atoms with E-state index in [1.54, 1.807) is 36.4 Å². The second-order valence-corrected chi connectivity index (χ2v) is 7.11. The van der Waals surface area contributed by atoms with Crippen molar-refractivity contribution in [2.75, 3.05) is 26.0 Å². The van der Waals surface area contributed by atoms with E-state index in [1.807, 2.05) is 14.1 Å². The third-order valence-electron chi connectivity index (χ3n) is 4.69. The Balaban J connectivity index is 1.59. The molecule has 2 aromatic carbocycles. The van der Waals surface area contributed by atoms with Gasteiger partial charge in [0.2, 0.25) is 0 Å². The first-order chi connectivity index (χ1) is 13.9. The van der Waals surface area contributed by atoms with Gasteiger partial charge in [-0.3, -0.25) is 9.59 Å². The van der Waals surface area contributed by atoms with E-state index in [2.05, 4.69) is 46.7 Å².